The van der Waals surface area contributed by atoms with Crippen molar-refractivity contribution < 1.29 is 0 Å². The fourth-order valence-electron chi connectivity index (χ4n) is 4.08. The lowest BCUT2D eigenvalue weighted by atomic mass is 10.1. The zero-order valence-electron chi connectivity index (χ0n) is 16.1. The summed E-state index contributed by atoms with van der Waals surface area (Å²) in [7, 11) is 0. The molecule has 0 atom stereocenters. The minimum atomic E-state index is -0.0251. The Morgan fingerprint density at radius 2 is 1.78 bits per heavy atom. The Hall–Kier alpha value is -2.28. The van der Waals surface area contributed by atoms with E-state index in [0.29, 0.717) is 6.54 Å². The van der Waals surface area contributed by atoms with Crippen LogP contribution in [0.1, 0.15) is 36.2 Å². The Kier molecular flexibility index (Phi) is 5.48. The Morgan fingerprint density at radius 1 is 0.963 bits per heavy atom. The number of rotatable bonds is 4. The van der Waals surface area contributed by atoms with Crippen molar-refractivity contribution in [2.24, 2.45) is 0 Å². The Morgan fingerprint density at radius 3 is 2.63 bits per heavy atom. The van der Waals surface area contributed by atoms with Gasteiger partial charge in [-0.2, -0.15) is 5.10 Å². The number of hydrogen-bond donors (Lipinski definition) is 0. The van der Waals surface area contributed by atoms with Crippen LogP contribution >= 0.6 is 0 Å². The smallest absolute Gasteiger partial charge is 0.266 e. The molecule has 0 N–H and O–H groups in total. The summed E-state index contributed by atoms with van der Waals surface area (Å²) in [5.41, 5.74) is 3.48. The van der Waals surface area contributed by atoms with E-state index in [2.05, 4.69) is 24.9 Å². The van der Waals surface area contributed by atoms with Crippen molar-refractivity contribution >= 4 is 5.82 Å². The van der Waals surface area contributed by atoms with Gasteiger partial charge in [0, 0.05) is 50.0 Å². The minimum Gasteiger partial charge on any atom is -0.354 e. The van der Waals surface area contributed by atoms with E-state index in [4.69, 9.17) is 0 Å². The highest BCUT2D eigenvalue weighted by atomic mass is 16.1. The second kappa shape index (κ2) is 8.17. The average molecular weight is 368 g/mol. The Bertz CT molecular complexity index is 841. The third-order valence-corrected chi connectivity index (χ3v) is 5.65. The van der Waals surface area contributed by atoms with E-state index in [-0.39, 0.29) is 5.56 Å². The molecule has 2 aromatic heterocycles. The van der Waals surface area contributed by atoms with Crippen molar-refractivity contribution in [3.63, 3.8) is 0 Å². The fourth-order valence-corrected chi connectivity index (χ4v) is 4.08. The SMILES string of the molecule is Cc1ccc(=O)n(CCN2CCN(c3ncnc4c3CCCCC4)CC2)n1. The Labute approximate surface area is 160 Å². The summed E-state index contributed by atoms with van der Waals surface area (Å²) in [5.74, 6) is 1.15. The van der Waals surface area contributed by atoms with Crippen LogP contribution in [0.2, 0.25) is 0 Å². The van der Waals surface area contributed by atoms with Crippen molar-refractivity contribution in [1.29, 1.82) is 0 Å². The summed E-state index contributed by atoms with van der Waals surface area (Å²) < 4.78 is 1.58. The van der Waals surface area contributed by atoms with Gasteiger partial charge in [0.1, 0.15) is 12.1 Å². The van der Waals surface area contributed by atoms with E-state index in [1.54, 1.807) is 23.1 Å². The molecule has 7 nitrogen and oxygen atoms in total. The highest BCUT2D eigenvalue weighted by molar-refractivity contribution is 5.49. The maximum atomic E-state index is 11.9. The van der Waals surface area contributed by atoms with Gasteiger partial charge in [-0.15, -0.1) is 0 Å². The van der Waals surface area contributed by atoms with Gasteiger partial charge >= 0.3 is 0 Å². The van der Waals surface area contributed by atoms with Gasteiger partial charge < -0.3 is 4.90 Å². The van der Waals surface area contributed by atoms with E-state index >= 15 is 0 Å². The van der Waals surface area contributed by atoms with Crippen LogP contribution in [0.5, 0.6) is 0 Å². The third kappa shape index (κ3) is 4.18. The first-order valence-corrected chi connectivity index (χ1v) is 10.1. The van der Waals surface area contributed by atoms with Gasteiger partial charge in [0.15, 0.2) is 0 Å². The third-order valence-electron chi connectivity index (χ3n) is 5.65. The molecule has 1 saturated heterocycles. The monoisotopic (exact) mass is 368 g/mol. The van der Waals surface area contributed by atoms with Crippen molar-refractivity contribution in [2.75, 3.05) is 37.6 Å². The summed E-state index contributed by atoms with van der Waals surface area (Å²) in [6.07, 6.45) is 7.70. The van der Waals surface area contributed by atoms with Crippen molar-refractivity contribution in [1.82, 2.24) is 24.6 Å². The topological polar surface area (TPSA) is 67.2 Å². The molecule has 0 amide bonds. The number of anilines is 1. The molecule has 0 radical (unpaired) electrons. The van der Waals surface area contributed by atoms with Crippen LogP contribution in [0.4, 0.5) is 5.82 Å². The highest BCUT2D eigenvalue weighted by Crippen LogP contribution is 2.27. The lowest BCUT2D eigenvalue weighted by molar-refractivity contribution is 0.242. The van der Waals surface area contributed by atoms with Crippen LogP contribution in [0.3, 0.4) is 0 Å². The zero-order chi connectivity index (χ0) is 18.6. The van der Waals surface area contributed by atoms with Gasteiger partial charge in [0.2, 0.25) is 0 Å². The number of fused-ring (bicyclic) bond motifs is 1. The van der Waals surface area contributed by atoms with Gasteiger partial charge in [-0.25, -0.2) is 14.6 Å². The fraction of sp³-hybridized carbons (Fsp3) is 0.600. The van der Waals surface area contributed by atoms with E-state index in [9.17, 15) is 4.79 Å². The van der Waals surface area contributed by atoms with Gasteiger partial charge in [0.05, 0.1) is 12.2 Å². The molecule has 2 aliphatic rings. The molecule has 0 saturated carbocycles. The quantitative estimate of drug-likeness (QED) is 0.761. The maximum Gasteiger partial charge on any atom is 0.266 e. The lowest BCUT2D eigenvalue weighted by Crippen LogP contribution is -2.48. The first-order chi connectivity index (χ1) is 13.2. The lowest BCUT2D eigenvalue weighted by Gasteiger charge is -2.36. The summed E-state index contributed by atoms with van der Waals surface area (Å²) in [6, 6.07) is 3.36. The molecule has 1 aliphatic heterocycles. The first kappa shape index (κ1) is 18.1. The second-order valence-corrected chi connectivity index (χ2v) is 7.55. The molecule has 144 valence electrons. The summed E-state index contributed by atoms with van der Waals surface area (Å²) >= 11 is 0. The number of nitrogens with zero attached hydrogens (tertiary/aromatic N) is 6. The zero-order valence-corrected chi connectivity index (χ0v) is 16.1. The minimum absolute atomic E-state index is 0.0251. The van der Waals surface area contributed by atoms with E-state index in [1.807, 2.05) is 6.92 Å². The largest absolute Gasteiger partial charge is 0.354 e. The van der Waals surface area contributed by atoms with Gasteiger partial charge in [-0.1, -0.05) is 6.42 Å². The molecule has 3 heterocycles. The van der Waals surface area contributed by atoms with Crippen LogP contribution in [-0.2, 0) is 19.4 Å². The number of piperazine rings is 1. The van der Waals surface area contributed by atoms with Crippen LogP contribution in [0.15, 0.2) is 23.3 Å². The van der Waals surface area contributed by atoms with Crippen LogP contribution in [-0.4, -0.2) is 57.4 Å². The van der Waals surface area contributed by atoms with Gasteiger partial charge in [-0.05, 0) is 38.7 Å². The molecule has 0 spiro atoms. The number of aryl methyl sites for hydroxylation is 2. The predicted octanol–water partition coefficient (Wildman–Crippen LogP) is 1.43. The van der Waals surface area contributed by atoms with Crippen molar-refractivity contribution in [2.45, 2.75) is 45.6 Å². The molecule has 27 heavy (non-hydrogen) atoms. The maximum absolute atomic E-state index is 11.9. The number of aromatic nitrogens is 4. The number of hydrogen-bond acceptors (Lipinski definition) is 6. The van der Waals surface area contributed by atoms with Crippen LogP contribution < -0.4 is 10.5 Å². The molecule has 0 aromatic carbocycles. The van der Waals surface area contributed by atoms with E-state index in [0.717, 1.165) is 57.1 Å². The highest BCUT2D eigenvalue weighted by Gasteiger charge is 2.23. The Balaban J connectivity index is 1.37. The normalized spacial score (nSPS) is 18.2. The summed E-state index contributed by atoms with van der Waals surface area (Å²) in [6.45, 7) is 7.33. The summed E-state index contributed by atoms with van der Waals surface area (Å²) in [5, 5.41) is 4.33. The van der Waals surface area contributed by atoms with E-state index < -0.39 is 0 Å². The second-order valence-electron chi connectivity index (χ2n) is 7.55. The van der Waals surface area contributed by atoms with Crippen molar-refractivity contribution in [3.8, 4) is 0 Å². The predicted molar refractivity (Wildman–Crippen MR) is 105 cm³/mol. The standard InChI is InChI=1S/C20H28N6O/c1-16-7-8-19(27)26(23-16)14-11-24-9-12-25(13-10-24)20-17-5-3-2-4-6-18(17)21-15-22-20/h7-8,15H,2-6,9-14H2,1H3. The molecule has 7 heteroatoms. The molecule has 1 fully saturated rings. The molecule has 0 unspecified atom stereocenters. The van der Waals surface area contributed by atoms with Crippen LogP contribution in [0, 0.1) is 6.92 Å². The molecular weight excluding hydrogens is 340 g/mol. The van der Waals surface area contributed by atoms with Crippen molar-refractivity contribution in [3.05, 3.63) is 45.8 Å². The van der Waals surface area contributed by atoms with E-state index in [1.165, 1.54) is 30.5 Å². The molecule has 0 bridgehead atoms. The molecular formula is C20H28N6O. The average Bonchev–Trinajstić information content (AvgIpc) is 2.94. The van der Waals surface area contributed by atoms with Gasteiger partial charge in [0.25, 0.3) is 5.56 Å². The van der Waals surface area contributed by atoms with Gasteiger partial charge in [-0.3, -0.25) is 9.69 Å². The molecule has 2 aromatic rings. The summed E-state index contributed by atoms with van der Waals surface area (Å²) in [4.78, 5) is 25.9. The molecule has 1 aliphatic carbocycles. The molecule has 4 rings (SSSR count). The van der Waals surface area contributed by atoms with Crippen LogP contribution in [0.25, 0.3) is 0 Å². The first-order valence-electron chi connectivity index (χ1n) is 10.1.